The predicted octanol–water partition coefficient (Wildman–Crippen LogP) is 4.43. The van der Waals surface area contributed by atoms with Crippen LogP contribution in [-0.4, -0.2) is 35.7 Å². The molecule has 0 radical (unpaired) electrons. The van der Waals surface area contributed by atoms with Crippen molar-refractivity contribution in [3.8, 4) is 11.4 Å². The highest BCUT2D eigenvalue weighted by Gasteiger charge is 2.21. The summed E-state index contributed by atoms with van der Waals surface area (Å²) in [4.78, 5) is 25.5. The second-order valence-electron chi connectivity index (χ2n) is 9.02. The number of Topliss-reactive ketones (excluding diaryl/α,β-unsaturated/α-hetero) is 1. The van der Waals surface area contributed by atoms with Crippen molar-refractivity contribution in [3.63, 3.8) is 0 Å². The van der Waals surface area contributed by atoms with Crippen LogP contribution >= 0.6 is 0 Å². The lowest BCUT2D eigenvalue weighted by Crippen LogP contribution is -2.11. The maximum Gasteiger partial charge on any atom is 0.231 e. The van der Waals surface area contributed by atoms with E-state index in [1.54, 1.807) is 10.7 Å². The van der Waals surface area contributed by atoms with Gasteiger partial charge in [-0.3, -0.25) is 9.48 Å². The first kappa shape index (κ1) is 22.3. The lowest BCUT2D eigenvalue weighted by Gasteiger charge is -2.12. The highest BCUT2D eigenvalue weighted by molar-refractivity contribution is 5.93. The number of hydrogen-bond donors (Lipinski definition) is 1. The summed E-state index contributed by atoms with van der Waals surface area (Å²) >= 11 is 0. The average molecular weight is 446 g/mol. The van der Waals surface area contributed by atoms with E-state index in [-0.39, 0.29) is 11.2 Å². The summed E-state index contributed by atoms with van der Waals surface area (Å²) in [6.45, 7) is 8.13. The number of aromatic nitrogens is 6. The molecular weight excluding hydrogens is 418 g/mol. The Labute approximate surface area is 192 Å². The second kappa shape index (κ2) is 8.93. The summed E-state index contributed by atoms with van der Waals surface area (Å²) < 4.78 is 6.97. The van der Waals surface area contributed by atoms with E-state index in [2.05, 4.69) is 30.5 Å². The Bertz CT molecular complexity index is 1280. The molecule has 33 heavy (non-hydrogen) atoms. The summed E-state index contributed by atoms with van der Waals surface area (Å²) in [7, 11) is 1.84. The standard InChI is InChI=1S/C24H27N7O2/c1-15-12-17(22-25-14-26-23(28-22)27-21-10-11-31(5)29-21)7-6-16(15)8-9-18(32)19-13-20(30-33-19)24(2,3)4/h6-7,10-14H,8-9H2,1-5H3,(H,25,26,27,28,29). The first-order valence-electron chi connectivity index (χ1n) is 10.7. The molecule has 0 bridgehead atoms. The van der Waals surface area contributed by atoms with Gasteiger partial charge in [-0.1, -0.05) is 38.1 Å². The molecule has 4 aromatic rings. The zero-order valence-electron chi connectivity index (χ0n) is 19.5. The van der Waals surface area contributed by atoms with Crippen molar-refractivity contribution < 1.29 is 9.32 Å². The lowest BCUT2D eigenvalue weighted by molar-refractivity contribution is 0.0946. The number of ketones is 1. The molecule has 0 unspecified atom stereocenters. The Hall–Kier alpha value is -3.88. The zero-order chi connectivity index (χ0) is 23.6. The molecule has 0 aliphatic carbocycles. The Kier molecular flexibility index (Phi) is 6.04. The Morgan fingerprint density at radius 1 is 1.15 bits per heavy atom. The minimum Gasteiger partial charge on any atom is -0.353 e. The van der Waals surface area contributed by atoms with E-state index < -0.39 is 0 Å². The van der Waals surface area contributed by atoms with Crippen LogP contribution in [0.5, 0.6) is 0 Å². The number of anilines is 2. The zero-order valence-corrected chi connectivity index (χ0v) is 19.5. The predicted molar refractivity (Wildman–Crippen MR) is 124 cm³/mol. The molecule has 0 saturated carbocycles. The van der Waals surface area contributed by atoms with Gasteiger partial charge in [0, 0.05) is 42.8 Å². The molecule has 0 saturated heterocycles. The molecule has 0 amide bonds. The van der Waals surface area contributed by atoms with E-state index >= 15 is 0 Å². The summed E-state index contributed by atoms with van der Waals surface area (Å²) in [5.74, 6) is 1.90. The molecule has 170 valence electrons. The molecule has 0 aliphatic rings. The molecule has 0 spiro atoms. The van der Waals surface area contributed by atoms with Gasteiger partial charge in [0.1, 0.15) is 6.33 Å². The number of carbonyl (C=O) groups excluding carboxylic acids is 1. The first-order valence-corrected chi connectivity index (χ1v) is 10.7. The van der Waals surface area contributed by atoms with Gasteiger partial charge in [0.05, 0.1) is 5.69 Å². The van der Waals surface area contributed by atoms with E-state index in [4.69, 9.17) is 4.52 Å². The third-order valence-electron chi connectivity index (χ3n) is 5.30. The van der Waals surface area contributed by atoms with E-state index in [0.717, 1.165) is 22.4 Å². The topological polar surface area (TPSA) is 112 Å². The number of rotatable bonds is 7. The van der Waals surface area contributed by atoms with Gasteiger partial charge in [-0.15, -0.1) is 0 Å². The van der Waals surface area contributed by atoms with Gasteiger partial charge >= 0.3 is 0 Å². The Balaban J connectivity index is 1.43. The summed E-state index contributed by atoms with van der Waals surface area (Å²) in [6, 6.07) is 9.57. The minimum atomic E-state index is -0.156. The monoisotopic (exact) mass is 445 g/mol. The lowest BCUT2D eigenvalue weighted by atomic mass is 9.92. The molecule has 0 fully saturated rings. The van der Waals surface area contributed by atoms with Crippen molar-refractivity contribution in [2.24, 2.45) is 7.05 Å². The highest BCUT2D eigenvalue weighted by atomic mass is 16.5. The molecule has 9 nitrogen and oxygen atoms in total. The fourth-order valence-electron chi connectivity index (χ4n) is 3.34. The van der Waals surface area contributed by atoms with Crippen LogP contribution in [0, 0.1) is 6.92 Å². The van der Waals surface area contributed by atoms with Crippen LogP contribution in [0.3, 0.4) is 0 Å². The van der Waals surface area contributed by atoms with Crippen molar-refractivity contribution in [1.29, 1.82) is 0 Å². The van der Waals surface area contributed by atoms with E-state index in [0.29, 0.717) is 36.2 Å². The van der Waals surface area contributed by atoms with Crippen molar-refractivity contribution in [1.82, 2.24) is 29.9 Å². The summed E-state index contributed by atoms with van der Waals surface area (Å²) in [6.07, 6.45) is 4.27. The maximum absolute atomic E-state index is 12.6. The van der Waals surface area contributed by atoms with Crippen molar-refractivity contribution in [2.75, 3.05) is 5.32 Å². The number of benzene rings is 1. The van der Waals surface area contributed by atoms with Crippen molar-refractivity contribution in [2.45, 2.75) is 46.0 Å². The van der Waals surface area contributed by atoms with Gasteiger partial charge in [0.2, 0.25) is 17.5 Å². The molecule has 1 N–H and O–H groups in total. The van der Waals surface area contributed by atoms with Crippen LogP contribution in [0.2, 0.25) is 0 Å². The quantitative estimate of drug-likeness (QED) is 0.416. The van der Waals surface area contributed by atoms with Crippen LogP contribution in [0.25, 0.3) is 11.4 Å². The van der Waals surface area contributed by atoms with Crippen LogP contribution in [-0.2, 0) is 18.9 Å². The first-order chi connectivity index (χ1) is 15.7. The molecule has 0 aliphatic heterocycles. The second-order valence-corrected chi connectivity index (χ2v) is 9.02. The van der Waals surface area contributed by atoms with E-state index in [1.807, 2.05) is 65.2 Å². The van der Waals surface area contributed by atoms with Crippen LogP contribution in [0.4, 0.5) is 11.8 Å². The molecule has 0 atom stereocenters. The van der Waals surface area contributed by atoms with Crippen molar-refractivity contribution in [3.05, 3.63) is 65.4 Å². The normalized spacial score (nSPS) is 11.5. The number of hydrogen-bond acceptors (Lipinski definition) is 8. The SMILES string of the molecule is Cc1cc(-c2ncnc(Nc3ccn(C)n3)n2)ccc1CCC(=O)c1cc(C(C)(C)C)no1. The van der Waals surface area contributed by atoms with E-state index in [9.17, 15) is 4.79 Å². The number of nitrogens with zero attached hydrogens (tertiary/aromatic N) is 6. The molecule has 3 heterocycles. The highest BCUT2D eigenvalue weighted by Crippen LogP contribution is 2.24. The smallest absolute Gasteiger partial charge is 0.231 e. The summed E-state index contributed by atoms with van der Waals surface area (Å²) in [5, 5.41) is 11.4. The fraction of sp³-hybridized carbons (Fsp3) is 0.333. The third kappa shape index (κ3) is 5.31. The molecule has 4 rings (SSSR count). The molecular formula is C24H27N7O2. The largest absolute Gasteiger partial charge is 0.353 e. The Morgan fingerprint density at radius 3 is 2.64 bits per heavy atom. The van der Waals surface area contributed by atoms with Gasteiger partial charge in [-0.05, 0) is 30.5 Å². The third-order valence-corrected chi connectivity index (χ3v) is 5.30. The fourth-order valence-corrected chi connectivity index (χ4v) is 3.34. The molecule has 3 aromatic heterocycles. The Morgan fingerprint density at radius 2 is 1.97 bits per heavy atom. The minimum absolute atomic E-state index is 0.0517. The number of aryl methyl sites for hydroxylation is 3. The van der Waals surface area contributed by atoms with Crippen LogP contribution in [0.1, 0.15) is 54.6 Å². The van der Waals surface area contributed by atoms with Gasteiger partial charge in [0.15, 0.2) is 11.6 Å². The van der Waals surface area contributed by atoms with Crippen LogP contribution in [0.15, 0.2) is 47.4 Å². The molecule has 1 aromatic carbocycles. The van der Waals surface area contributed by atoms with Gasteiger partial charge < -0.3 is 9.84 Å². The van der Waals surface area contributed by atoms with E-state index in [1.165, 1.54) is 6.33 Å². The van der Waals surface area contributed by atoms with Gasteiger partial charge in [-0.25, -0.2) is 9.97 Å². The maximum atomic E-state index is 12.6. The summed E-state index contributed by atoms with van der Waals surface area (Å²) in [5.41, 5.74) is 3.65. The van der Waals surface area contributed by atoms with Gasteiger partial charge in [0.25, 0.3) is 0 Å². The average Bonchev–Trinajstić information content (AvgIpc) is 3.42. The van der Waals surface area contributed by atoms with Gasteiger partial charge in [-0.2, -0.15) is 10.1 Å². The van der Waals surface area contributed by atoms with Crippen molar-refractivity contribution >= 4 is 17.5 Å². The van der Waals surface area contributed by atoms with Crippen LogP contribution < -0.4 is 5.32 Å². The number of nitrogens with one attached hydrogen (secondary N) is 1. The molecule has 9 heteroatoms. The number of carbonyl (C=O) groups is 1.